The highest BCUT2D eigenvalue weighted by Gasteiger charge is 2.28. The fraction of sp³-hybridized carbons (Fsp3) is 0.304. The van der Waals surface area contributed by atoms with Crippen molar-refractivity contribution in [3.05, 3.63) is 71.2 Å². The molecular weight excluding hydrogens is 371 g/mol. The Hall–Kier alpha value is -3.15. The Morgan fingerprint density at radius 2 is 1.90 bits per heavy atom. The number of rotatable bonds is 5. The fourth-order valence-electron chi connectivity index (χ4n) is 3.35. The topological polar surface area (TPSA) is 55.6 Å². The van der Waals surface area contributed by atoms with Gasteiger partial charge in [0.05, 0.1) is 18.8 Å². The summed E-state index contributed by atoms with van der Waals surface area (Å²) in [6.07, 6.45) is 0.626. The lowest BCUT2D eigenvalue weighted by Gasteiger charge is -2.26. The molecule has 0 bridgehead atoms. The molecule has 29 heavy (non-hydrogen) atoms. The van der Waals surface area contributed by atoms with Gasteiger partial charge < -0.3 is 14.2 Å². The van der Waals surface area contributed by atoms with Crippen molar-refractivity contribution in [2.45, 2.75) is 26.8 Å². The van der Waals surface area contributed by atoms with E-state index in [1.54, 1.807) is 29.2 Å². The number of nitrogens with zero attached hydrogens (tertiary/aromatic N) is 2. The van der Waals surface area contributed by atoms with E-state index in [9.17, 15) is 9.18 Å². The smallest absolute Gasteiger partial charge is 0.254 e. The van der Waals surface area contributed by atoms with Crippen LogP contribution in [0.3, 0.4) is 0 Å². The molecule has 2 aromatic carbocycles. The molecule has 1 aromatic heterocycles. The van der Waals surface area contributed by atoms with Gasteiger partial charge in [-0.05, 0) is 54.4 Å². The van der Waals surface area contributed by atoms with Gasteiger partial charge in [-0.15, -0.1) is 0 Å². The Kier molecular flexibility index (Phi) is 5.34. The third kappa shape index (κ3) is 4.16. The molecule has 4 rings (SSSR count). The normalized spacial score (nSPS) is 13.4. The Balaban J connectivity index is 1.50. The van der Waals surface area contributed by atoms with Gasteiger partial charge in [0.2, 0.25) is 0 Å². The second-order valence-electron chi connectivity index (χ2n) is 7.65. The molecule has 1 amide bonds. The maximum absolute atomic E-state index is 13.2. The molecule has 0 saturated carbocycles. The Bertz CT molecular complexity index is 994. The number of carbonyl (C=O) groups excluding carboxylic acids is 1. The second kappa shape index (κ2) is 8.07. The molecule has 0 fully saturated rings. The molecule has 0 saturated heterocycles. The average Bonchev–Trinajstić information content (AvgIpc) is 3.16. The Morgan fingerprint density at radius 1 is 1.17 bits per heavy atom. The van der Waals surface area contributed by atoms with Gasteiger partial charge in [-0.25, -0.2) is 4.39 Å². The lowest BCUT2D eigenvalue weighted by molar-refractivity contribution is 0.0734. The molecular formula is C23H23FN2O3. The summed E-state index contributed by atoms with van der Waals surface area (Å²) in [6.45, 7) is 5.81. The Labute approximate surface area is 169 Å². The predicted molar refractivity (Wildman–Crippen MR) is 107 cm³/mol. The number of ether oxygens (including phenoxy) is 1. The van der Waals surface area contributed by atoms with Crippen molar-refractivity contribution in [1.29, 1.82) is 0 Å². The SMILES string of the molecule is CC(C)COc1ccc(C(=O)N2CCc3noc(-c4ccc(F)cc4)c3C2)cc1. The van der Waals surface area contributed by atoms with Crippen LogP contribution < -0.4 is 4.74 Å². The van der Waals surface area contributed by atoms with Gasteiger partial charge in [0.25, 0.3) is 5.91 Å². The number of fused-ring (bicyclic) bond motifs is 1. The summed E-state index contributed by atoms with van der Waals surface area (Å²) in [5, 5.41) is 4.15. The highest BCUT2D eigenvalue weighted by Crippen LogP contribution is 2.31. The summed E-state index contributed by atoms with van der Waals surface area (Å²) in [5.74, 6) is 1.44. The van der Waals surface area contributed by atoms with Crippen LogP contribution in [0, 0.1) is 11.7 Å². The first-order valence-electron chi connectivity index (χ1n) is 9.77. The molecule has 6 heteroatoms. The molecule has 5 nitrogen and oxygen atoms in total. The molecule has 0 atom stereocenters. The summed E-state index contributed by atoms with van der Waals surface area (Å²) in [4.78, 5) is 14.8. The van der Waals surface area contributed by atoms with Crippen molar-refractivity contribution >= 4 is 5.91 Å². The quantitative estimate of drug-likeness (QED) is 0.629. The summed E-state index contributed by atoms with van der Waals surface area (Å²) < 4.78 is 24.4. The average molecular weight is 394 g/mol. The van der Waals surface area contributed by atoms with Gasteiger partial charge in [0.1, 0.15) is 11.6 Å². The number of hydrogen-bond acceptors (Lipinski definition) is 4. The zero-order valence-corrected chi connectivity index (χ0v) is 16.5. The van der Waals surface area contributed by atoms with Gasteiger partial charge in [0, 0.05) is 29.7 Å². The first kappa shape index (κ1) is 19.2. The molecule has 150 valence electrons. The van der Waals surface area contributed by atoms with Crippen LogP contribution in [0.2, 0.25) is 0 Å². The van der Waals surface area contributed by atoms with Crippen LogP contribution in [0.5, 0.6) is 5.75 Å². The molecule has 0 aliphatic carbocycles. The van der Waals surface area contributed by atoms with Crippen LogP contribution in [-0.4, -0.2) is 29.1 Å². The molecule has 0 unspecified atom stereocenters. The highest BCUT2D eigenvalue weighted by molar-refractivity contribution is 5.94. The van der Waals surface area contributed by atoms with Gasteiger partial charge in [-0.2, -0.15) is 0 Å². The van der Waals surface area contributed by atoms with Crippen LogP contribution in [0.1, 0.15) is 35.5 Å². The Morgan fingerprint density at radius 3 is 2.59 bits per heavy atom. The molecule has 1 aliphatic rings. The minimum absolute atomic E-state index is 0.0442. The number of carbonyl (C=O) groups is 1. The van der Waals surface area contributed by atoms with Crippen LogP contribution in [0.4, 0.5) is 4.39 Å². The van der Waals surface area contributed by atoms with E-state index in [4.69, 9.17) is 9.26 Å². The number of halogens is 1. The zero-order chi connectivity index (χ0) is 20.4. The van der Waals surface area contributed by atoms with E-state index in [2.05, 4.69) is 19.0 Å². The second-order valence-corrected chi connectivity index (χ2v) is 7.65. The van der Waals surface area contributed by atoms with E-state index in [-0.39, 0.29) is 11.7 Å². The summed E-state index contributed by atoms with van der Waals surface area (Å²) >= 11 is 0. The first-order chi connectivity index (χ1) is 14.0. The number of amides is 1. The highest BCUT2D eigenvalue weighted by atomic mass is 19.1. The molecule has 2 heterocycles. The third-order valence-electron chi connectivity index (χ3n) is 4.92. The molecule has 1 aliphatic heterocycles. The predicted octanol–water partition coefficient (Wildman–Crippen LogP) is 4.71. The standard InChI is InChI=1S/C23H23FN2O3/c1-15(2)14-28-19-9-5-17(6-10-19)23(27)26-12-11-21-20(13-26)22(29-25-21)16-3-7-18(24)8-4-16/h3-10,15H,11-14H2,1-2H3. The summed E-state index contributed by atoms with van der Waals surface area (Å²) in [6, 6.07) is 13.3. The van der Waals surface area contributed by atoms with Crippen molar-refractivity contribution in [3.8, 4) is 17.1 Å². The summed E-state index contributed by atoms with van der Waals surface area (Å²) in [5.41, 5.74) is 3.10. The maximum Gasteiger partial charge on any atom is 0.254 e. The number of hydrogen-bond donors (Lipinski definition) is 0. The zero-order valence-electron chi connectivity index (χ0n) is 16.5. The molecule has 0 radical (unpaired) electrons. The largest absolute Gasteiger partial charge is 0.493 e. The monoisotopic (exact) mass is 394 g/mol. The minimum atomic E-state index is -0.306. The van der Waals surface area contributed by atoms with Crippen molar-refractivity contribution < 1.29 is 18.4 Å². The van der Waals surface area contributed by atoms with Crippen molar-refractivity contribution in [2.24, 2.45) is 5.92 Å². The van der Waals surface area contributed by atoms with Crippen LogP contribution in [0.15, 0.2) is 53.1 Å². The van der Waals surface area contributed by atoms with Crippen LogP contribution in [0.25, 0.3) is 11.3 Å². The van der Waals surface area contributed by atoms with E-state index in [0.717, 1.165) is 22.6 Å². The van der Waals surface area contributed by atoms with Crippen molar-refractivity contribution in [3.63, 3.8) is 0 Å². The van der Waals surface area contributed by atoms with E-state index in [1.807, 2.05) is 12.1 Å². The van der Waals surface area contributed by atoms with Gasteiger partial charge in [-0.1, -0.05) is 19.0 Å². The third-order valence-corrected chi connectivity index (χ3v) is 4.92. The number of benzene rings is 2. The molecule has 3 aromatic rings. The maximum atomic E-state index is 13.2. The van der Waals surface area contributed by atoms with E-state index >= 15 is 0 Å². The van der Waals surface area contributed by atoms with Gasteiger partial charge >= 0.3 is 0 Å². The molecule has 0 N–H and O–H groups in total. The van der Waals surface area contributed by atoms with Crippen molar-refractivity contribution in [1.82, 2.24) is 10.1 Å². The van der Waals surface area contributed by atoms with E-state index in [1.165, 1.54) is 12.1 Å². The lowest BCUT2D eigenvalue weighted by Crippen LogP contribution is -2.35. The fourth-order valence-corrected chi connectivity index (χ4v) is 3.35. The van der Waals surface area contributed by atoms with Gasteiger partial charge in [-0.3, -0.25) is 4.79 Å². The van der Waals surface area contributed by atoms with E-state index < -0.39 is 0 Å². The van der Waals surface area contributed by atoms with Crippen LogP contribution in [-0.2, 0) is 13.0 Å². The van der Waals surface area contributed by atoms with Gasteiger partial charge in [0.15, 0.2) is 5.76 Å². The van der Waals surface area contributed by atoms with Crippen molar-refractivity contribution in [2.75, 3.05) is 13.2 Å². The summed E-state index contributed by atoms with van der Waals surface area (Å²) in [7, 11) is 0. The van der Waals surface area contributed by atoms with Crippen LogP contribution >= 0.6 is 0 Å². The minimum Gasteiger partial charge on any atom is -0.493 e. The molecule has 0 spiro atoms. The lowest BCUT2D eigenvalue weighted by atomic mass is 10.0. The first-order valence-corrected chi connectivity index (χ1v) is 9.77. The number of aromatic nitrogens is 1. The van der Waals surface area contributed by atoms with E-state index in [0.29, 0.717) is 43.4 Å².